The van der Waals surface area contributed by atoms with Crippen molar-refractivity contribution in [2.75, 3.05) is 45.2 Å². The normalized spacial score (nSPS) is 14.4. The molecular weight excluding hydrogens is 306 g/mol. The summed E-state index contributed by atoms with van der Waals surface area (Å²) in [5.74, 6) is 0.526. The molecule has 0 spiro atoms. The van der Waals surface area contributed by atoms with Crippen LogP contribution in [0.1, 0.15) is 20.3 Å². The van der Waals surface area contributed by atoms with Gasteiger partial charge in [0.05, 0.1) is 5.69 Å². The Hall–Kier alpha value is -2.08. The number of benzene rings is 1. The van der Waals surface area contributed by atoms with Gasteiger partial charge < -0.3 is 19.9 Å². The van der Waals surface area contributed by atoms with Gasteiger partial charge in [0.1, 0.15) is 5.75 Å². The summed E-state index contributed by atoms with van der Waals surface area (Å²) < 4.78 is 5.41. The molecule has 1 aromatic carbocycles. The van der Waals surface area contributed by atoms with E-state index in [1.807, 2.05) is 38.4 Å². The molecule has 1 heterocycles. The van der Waals surface area contributed by atoms with Crippen molar-refractivity contribution in [1.82, 2.24) is 10.2 Å². The SMILES string of the molecule is CN(C)CC(C)(C)CNC(=O)CCN1C(=O)COc2ccccc21. The van der Waals surface area contributed by atoms with Gasteiger partial charge in [0.15, 0.2) is 6.61 Å². The van der Waals surface area contributed by atoms with E-state index in [1.165, 1.54) is 0 Å². The van der Waals surface area contributed by atoms with E-state index in [4.69, 9.17) is 4.74 Å². The number of anilines is 1. The lowest BCUT2D eigenvalue weighted by Crippen LogP contribution is -2.43. The van der Waals surface area contributed by atoms with Crippen molar-refractivity contribution in [2.45, 2.75) is 20.3 Å². The van der Waals surface area contributed by atoms with Gasteiger partial charge in [-0.1, -0.05) is 26.0 Å². The Kier molecular flexibility index (Phi) is 5.83. The van der Waals surface area contributed by atoms with Crippen LogP contribution in [0.25, 0.3) is 0 Å². The molecule has 2 amide bonds. The molecule has 0 saturated carbocycles. The third-order valence-electron chi connectivity index (χ3n) is 3.88. The molecule has 132 valence electrons. The molecular formula is C18H27N3O3. The van der Waals surface area contributed by atoms with Gasteiger partial charge in [-0.2, -0.15) is 0 Å². The van der Waals surface area contributed by atoms with Crippen LogP contribution in [0.2, 0.25) is 0 Å². The number of ether oxygens (including phenoxy) is 1. The van der Waals surface area contributed by atoms with Crippen LogP contribution in [0.15, 0.2) is 24.3 Å². The number of fused-ring (bicyclic) bond motifs is 1. The predicted octanol–water partition coefficient (Wildman–Crippen LogP) is 1.51. The van der Waals surface area contributed by atoms with Gasteiger partial charge in [-0.25, -0.2) is 0 Å². The maximum atomic E-state index is 12.1. The smallest absolute Gasteiger partial charge is 0.265 e. The summed E-state index contributed by atoms with van der Waals surface area (Å²) in [6, 6.07) is 7.40. The lowest BCUT2D eigenvalue weighted by Gasteiger charge is -2.30. The van der Waals surface area contributed by atoms with E-state index >= 15 is 0 Å². The van der Waals surface area contributed by atoms with E-state index in [2.05, 4.69) is 24.1 Å². The number of carbonyl (C=O) groups is 2. The zero-order valence-electron chi connectivity index (χ0n) is 15.0. The lowest BCUT2D eigenvalue weighted by atomic mass is 9.93. The van der Waals surface area contributed by atoms with Crippen LogP contribution in [0.3, 0.4) is 0 Å². The van der Waals surface area contributed by atoms with Crippen LogP contribution >= 0.6 is 0 Å². The Balaban J connectivity index is 1.87. The molecule has 2 rings (SSSR count). The monoisotopic (exact) mass is 333 g/mol. The highest BCUT2D eigenvalue weighted by atomic mass is 16.5. The Labute approximate surface area is 143 Å². The Bertz CT molecular complexity index is 599. The van der Waals surface area contributed by atoms with Crippen LogP contribution in [-0.2, 0) is 9.59 Å². The van der Waals surface area contributed by atoms with Gasteiger partial charge in [-0.15, -0.1) is 0 Å². The summed E-state index contributed by atoms with van der Waals surface area (Å²) in [6.45, 7) is 6.12. The van der Waals surface area contributed by atoms with Crippen LogP contribution < -0.4 is 15.0 Å². The minimum Gasteiger partial charge on any atom is -0.482 e. The summed E-state index contributed by atoms with van der Waals surface area (Å²) in [7, 11) is 4.04. The Morgan fingerprint density at radius 1 is 1.33 bits per heavy atom. The van der Waals surface area contributed by atoms with Crippen LogP contribution in [0.5, 0.6) is 5.75 Å². The molecule has 6 nitrogen and oxygen atoms in total. The number of rotatable bonds is 7. The average molecular weight is 333 g/mol. The van der Waals surface area contributed by atoms with Gasteiger partial charge in [0.25, 0.3) is 5.91 Å². The fraction of sp³-hybridized carbons (Fsp3) is 0.556. The van der Waals surface area contributed by atoms with Crippen molar-refractivity contribution in [2.24, 2.45) is 5.41 Å². The van der Waals surface area contributed by atoms with E-state index in [1.54, 1.807) is 4.90 Å². The van der Waals surface area contributed by atoms with Crippen molar-refractivity contribution < 1.29 is 14.3 Å². The zero-order chi connectivity index (χ0) is 17.7. The molecule has 1 N–H and O–H groups in total. The molecule has 6 heteroatoms. The van der Waals surface area contributed by atoms with Crippen molar-refractivity contribution in [1.29, 1.82) is 0 Å². The standard InChI is InChI=1S/C18H27N3O3/c1-18(2,13-20(3)4)12-19-16(22)9-10-21-14-7-5-6-8-15(14)24-11-17(21)23/h5-8H,9-13H2,1-4H3,(H,19,22). The molecule has 0 saturated heterocycles. The quantitative estimate of drug-likeness (QED) is 0.821. The predicted molar refractivity (Wildman–Crippen MR) is 94.3 cm³/mol. The first kappa shape index (κ1) is 18.3. The number of hydrogen-bond acceptors (Lipinski definition) is 4. The van der Waals surface area contributed by atoms with E-state index in [0.29, 0.717) is 18.8 Å². The van der Waals surface area contributed by atoms with Crippen molar-refractivity contribution in [3.05, 3.63) is 24.3 Å². The molecule has 0 aliphatic carbocycles. The van der Waals surface area contributed by atoms with Gasteiger partial charge in [-0.05, 0) is 31.6 Å². The fourth-order valence-corrected chi connectivity index (χ4v) is 2.95. The average Bonchev–Trinajstić information content (AvgIpc) is 2.51. The van der Waals surface area contributed by atoms with E-state index in [9.17, 15) is 9.59 Å². The maximum Gasteiger partial charge on any atom is 0.265 e. The second kappa shape index (κ2) is 7.66. The molecule has 0 atom stereocenters. The summed E-state index contributed by atoms with van der Waals surface area (Å²) in [6.07, 6.45) is 0.276. The summed E-state index contributed by atoms with van der Waals surface area (Å²) >= 11 is 0. The van der Waals surface area contributed by atoms with Gasteiger partial charge in [0.2, 0.25) is 5.91 Å². The molecule has 1 aliphatic heterocycles. The van der Waals surface area contributed by atoms with Gasteiger partial charge in [-0.3, -0.25) is 9.59 Å². The third kappa shape index (κ3) is 4.96. The number of nitrogens with zero attached hydrogens (tertiary/aromatic N) is 2. The number of nitrogens with one attached hydrogen (secondary N) is 1. The number of para-hydroxylation sites is 2. The molecule has 24 heavy (non-hydrogen) atoms. The molecule has 0 radical (unpaired) electrons. The van der Waals surface area contributed by atoms with Crippen molar-refractivity contribution in [3.8, 4) is 5.75 Å². The second-order valence-corrected chi connectivity index (χ2v) is 7.23. The van der Waals surface area contributed by atoms with E-state index < -0.39 is 0 Å². The minimum atomic E-state index is -0.116. The van der Waals surface area contributed by atoms with Gasteiger partial charge >= 0.3 is 0 Å². The molecule has 0 unspecified atom stereocenters. The zero-order valence-corrected chi connectivity index (χ0v) is 15.0. The van der Waals surface area contributed by atoms with Crippen LogP contribution in [0.4, 0.5) is 5.69 Å². The van der Waals surface area contributed by atoms with E-state index in [-0.39, 0.29) is 30.3 Å². The largest absolute Gasteiger partial charge is 0.482 e. The second-order valence-electron chi connectivity index (χ2n) is 7.23. The first-order chi connectivity index (χ1) is 11.3. The van der Waals surface area contributed by atoms with Crippen molar-refractivity contribution >= 4 is 17.5 Å². The first-order valence-electron chi connectivity index (χ1n) is 8.22. The summed E-state index contributed by atoms with van der Waals surface area (Å²) in [5.41, 5.74) is 0.732. The van der Waals surface area contributed by atoms with Crippen molar-refractivity contribution in [3.63, 3.8) is 0 Å². The van der Waals surface area contributed by atoms with Crippen LogP contribution in [0, 0.1) is 5.41 Å². The summed E-state index contributed by atoms with van der Waals surface area (Å²) in [5, 5.41) is 2.97. The Morgan fingerprint density at radius 3 is 2.75 bits per heavy atom. The van der Waals surface area contributed by atoms with Crippen LogP contribution in [-0.4, -0.2) is 57.1 Å². The highest BCUT2D eigenvalue weighted by molar-refractivity contribution is 5.98. The number of hydrogen-bond donors (Lipinski definition) is 1. The first-order valence-corrected chi connectivity index (χ1v) is 8.22. The molecule has 0 bridgehead atoms. The highest BCUT2D eigenvalue weighted by Crippen LogP contribution is 2.31. The van der Waals surface area contributed by atoms with Gasteiger partial charge in [0, 0.05) is 26.1 Å². The molecule has 0 aromatic heterocycles. The minimum absolute atomic E-state index is 0.000539. The maximum absolute atomic E-state index is 12.1. The molecule has 0 fully saturated rings. The fourth-order valence-electron chi connectivity index (χ4n) is 2.95. The third-order valence-corrected chi connectivity index (χ3v) is 3.88. The number of amides is 2. The summed E-state index contributed by atoms with van der Waals surface area (Å²) in [4.78, 5) is 27.9. The topological polar surface area (TPSA) is 61.9 Å². The van der Waals surface area contributed by atoms with E-state index in [0.717, 1.165) is 12.2 Å². The highest BCUT2D eigenvalue weighted by Gasteiger charge is 2.26. The lowest BCUT2D eigenvalue weighted by molar-refractivity contribution is -0.122. The molecule has 1 aliphatic rings. The molecule has 1 aromatic rings. The Morgan fingerprint density at radius 2 is 2.04 bits per heavy atom. The number of carbonyl (C=O) groups excluding carboxylic acids is 2.